The predicted octanol–water partition coefficient (Wildman–Crippen LogP) is 2.66. The van der Waals surface area contributed by atoms with Gasteiger partial charge in [-0.05, 0) is 49.4 Å². The molecule has 1 fully saturated rings. The van der Waals surface area contributed by atoms with Gasteiger partial charge in [-0.25, -0.2) is 0 Å². The topological polar surface area (TPSA) is 32.3 Å². The standard InChI is InChI=1S/C16H22N2O/c1-17-16(11-4-3-5-11)13-6-8-14-12(10-13)7-9-15(19)18(14)2/h6,8,10-11,16-17H,3-5,7,9H2,1-2H3. The minimum absolute atomic E-state index is 0.226. The van der Waals surface area contributed by atoms with E-state index in [1.807, 2.05) is 7.05 Å². The van der Waals surface area contributed by atoms with Crippen molar-refractivity contribution in [3.05, 3.63) is 29.3 Å². The lowest BCUT2D eigenvalue weighted by Gasteiger charge is -2.35. The molecule has 1 aromatic carbocycles. The molecule has 3 rings (SSSR count). The van der Waals surface area contributed by atoms with Crippen molar-refractivity contribution < 1.29 is 4.79 Å². The number of nitrogens with one attached hydrogen (secondary N) is 1. The first-order valence-electron chi connectivity index (χ1n) is 7.27. The van der Waals surface area contributed by atoms with E-state index in [1.54, 1.807) is 4.90 Å². The highest BCUT2D eigenvalue weighted by Crippen LogP contribution is 2.39. The van der Waals surface area contributed by atoms with Gasteiger partial charge in [-0.3, -0.25) is 4.79 Å². The minimum atomic E-state index is 0.226. The molecule has 1 unspecified atom stereocenters. The van der Waals surface area contributed by atoms with E-state index in [4.69, 9.17) is 0 Å². The van der Waals surface area contributed by atoms with E-state index in [1.165, 1.54) is 30.4 Å². The number of carbonyl (C=O) groups excluding carboxylic acids is 1. The Hall–Kier alpha value is -1.35. The third kappa shape index (κ3) is 2.16. The zero-order valence-electron chi connectivity index (χ0n) is 11.8. The molecular weight excluding hydrogens is 236 g/mol. The molecule has 0 saturated heterocycles. The van der Waals surface area contributed by atoms with Gasteiger partial charge in [-0.1, -0.05) is 18.6 Å². The van der Waals surface area contributed by atoms with E-state index in [-0.39, 0.29) is 5.91 Å². The zero-order chi connectivity index (χ0) is 13.4. The van der Waals surface area contributed by atoms with Crippen LogP contribution < -0.4 is 10.2 Å². The van der Waals surface area contributed by atoms with Gasteiger partial charge in [0.2, 0.25) is 5.91 Å². The van der Waals surface area contributed by atoms with E-state index in [2.05, 4.69) is 30.6 Å². The van der Waals surface area contributed by atoms with Crippen molar-refractivity contribution >= 4 is 11.6 Å². The molecule has 2 aliphatic rings. The molecule has 1 saturated carbocycles. The minimum Gasteiger partial charge on any atom is -0.315 e. The van der Waals surface area contributed by atoms with Crippen LogP contribution in [0.25, 0.3) is 0 Å². The van der Waals surface area contributed by atoms with Gasteiger partial charge in [0, 0.05) is 25.2 Å². The molecule has 19 heavy (non-hydrogen) atoms. The van der Waals surface area contributed by atoms with Crippen LogP contribution >= 0.6 is 0 Å². The van der Waals surface area contributed by atoms with E-state index < -0.39 is 0 Å². The maximum absolute atomic E-state index is 11.7. The van der Waals surface area contributed by atoms with Gasteiger partial charge < -0.3 is 10.2 Å². The van der Waals surface area contributed by atoms with Crippen LogP contribution in [0.15, 0.2) is 18.2 Å². The summed E-state index contributed by atoms with van der Waals surface area (Å²) in [6, 6.07) is 7.08. The lowest BCUT2D eigenvalue weighted by molar-refractivity contribution is -0.118. The molecule has 0 aromatic heterocycles. The molecule has 1 aromatic rings. The Balaban J connectivity index is 1.90. The summed E-state index contributed by atoms with van der Waals surface area (Å²) in [4.78, 5) is 13.5. The molecule has 1 aliphatic carbocycles. The van der Waals surface area contributed by atoms with Crippen LogP contribution in [-0.4, -0.2) is 20.0 Å². The van der Waals surface area contributed by atoms with Crippen molar-refractivity contribution in [2.24, 2.45) is 5.92 Å². The Morgan fingerprint density at radius 1 is 1.32 bits per heavy atom. The molecular formula is C16H22N2O. The number of carbonyl (C=O) groups is 1. The maximum Gasteiger partial charge on any atom is 0.227 e. The normalized spacial score (nSPS) is 20.9. The maximum atomic E-state index is 11.7. The van der Waals surface area contributed by atoms with Crippen LogP contribution in [-0.2, 0) is 11.2 Å². The fourth-order valence-electron chi connectivity index (χ4n) is 3.32. The second-order valence-corrected chi connectivity index (χ2v) is 5.80. The van der Waals surface area contributed by atoms with Crippen molar-refractivity contribution in [3.8, 4) is 0 Å². The summed E-state index contributed by atoms with van der Waals surface area (Å²) >= 11 is 0. The summed E-state index contributed by atoms with van der Waals surface area (Å²) < 4.78 is 0. The van der Waals surface area contributed by atoms with E-state index in [9.17, 15) is 4.79 Å². The lowest BCUT2D eigenvalue weighted by Crippen LogP contribution is -2.32. The van der Waals surface area contributed by atoms with Gasteiger partial charge in [0.25, 0.3) is 0 Å². The smallest absolute Gasteiger partial charge is 0.227 e. The van der Waals surface area contributed by atoms with Gasteiger partial charge in [0.05, 0.1) is 0 Å². The van der Waals surface area contributed by atoms with E-state index >= 15 is 0 Å². The van der Waals surface area contributed by atoms with E-state index in [0.29, 0.717) is 12.5 Å². The van der Waals surface area contributed by atoms with Crippen molar-refractivity contribution in [2.75, 3.05) is 19.0 Å². The average molecular weight is 258 g/mol. The molecule has 3 nitrogen and oxygen atoms in total. The molecule has 1 amide bonds. The molecule has 3 heteroatoms. The average Bonchev–Trinajstić information content (AvgIpc) is 2.37. The summed E-state index contributed by atoms with van der Waals surface area (Å²) in [5, 5.41) is 3.47. The highest BCUT2D eigenvalue weighted by atomic mass is 16.2. The molecule has 1 aliphatic heterocycles. The monoisotopic (exact) mass is 258 g/mol. The number of rotatable bonds is 3. The Morgan fingerprint density at radius 2 is 2.11 bits per heavy atom. The number of aryl methyl sites for hydroxylation is 1. The predicted molar refractivity (Wildman–Crippen MR) is 77.3 cm³/mol. The quantitative estimate of drug-likeness (QED) is 0.904. The highest BCUT2D eigenvalue weighted by Gasteiger charge is 2.28. The zero-order valence-corrected chi connectivity index (χ0v) is 11.8. The Kier molecular flexibility index (Phi) is 3.31. The molecule has 1 N–H and O–H groups in total. The second kappa shape index (κ2) is 4.97. The van der Waals surface area contributed by atoms with Crippen LogP contribution in [0, 0.1) is 5.92 Å². The summed E-state index contributed by atoms with van der Waals surface area (Å²) in [5.74, 6) is 1.01. The summed E-state index contributed by atoms with van der Waals surface area (Å²) in [6.07, 6.45) is 5.56. The number of benzene rings is 1. The van der Waals surface area contributed by atoms with Crippen LogP contribution in [0.4, 0.5) is 5.69 Å². The highest BCUT2D eigenvalue weighted by molar-refractivity contribution is 5.95. The van der Waals surface area contributed by atoms with Gasteiger partial charge in [-0.15, -0.1) is 0 Å². The first-order chi connectivity index (χ1) is 9.20. The molecule has 0 spiro atoms. The lowest BCUT2D eigenvalue weighted by atomic mass is 9.77. The molecule has 0 bridgehead atoms. The molecule has 0 radical (unpaired) electrons. The van der Waals surface area contributed by atoms with Crippen molar-refractivity contribution in [1.82, 2.24) is 5.32 Å². The Labute approximate surface area is 115 Å². The second-order valence-electron chi connectivity index (χ2n) is 5.80. The largest absolute Gasteiger partial charge is 0.315 e. The summed E-state index contributed by atoms with van der Waals surface area (Å²) in [6.45, 7) is 0. The number of amides is 1. The molecule has 1 atom stereocenters. The fourth-order valence-corrected chi connectivity index (χ4v) is 3.32. The number of hydrogen-bond acceptors (Lipinski definition) is 2. The van der Waals surface area contributed by atoms with E-state index in [0.717, 1.165) is 18.0 Å². The molecule has 102 valence electrons. The van der Waals surface area contributed by atoms with Crippen molar-refractivity contribution in [2.45, 2.75) is 38.1 Å². The van der Waals surface area contributed by atoms with Gasteiger partial charge >= 0.3 is 0 Å². The fraction of sp³-hybridized carbons (Fsp3) is 0.562. The van der Waals surface area contributed by atoms with Gasteiger partial charge in [-0.2, -0.15) is 0 Å². The van der Waals surface area contributed by atoms with Crippen LogP contribution in [0.1, 0.15) is 42.9 Å². The van der Waals surface area contributed by atoms with Gasteiger partial charge in [0.15, 0.2) is 0 Å². The van der Waals surface area contributed by atoms with Crippen LogP contribution in [0.5, 0.6) is 0 Å². The summed E-state index contributed by atoms with van der Waals surface area (Å²) in [7, 11) is 3.93. The van der Waals surface area contributed by atoms with Crippen LogP contribution in [0.2, 0.25) is 0 Å². The third-order valence-electron chi connectivity index (χ3n) is 4.74. The number of hydrogen-bond donors (Lipinski definition) is 1. The number of fused-ring (bicyclic) bond motifs is 1. The van der Waals surface area contributed by atoms with Crippen LogP contribution in [0.3, 0.4) is 0 Å². The SMILES string of the molecule is CNC(c1ccc2c(c1)CCC(=O)N2C)C1CCC1. The van der Waals surface area contributed by atoms with Gasteiger partial charge in [0.1, 0.15) is 0 Å². The Morgan fingerprint density at radius 3 is 2.74 bits per heavy atom. The van der Waals surface area contributed by atoms with Crippen molar-refractivity contribution in [1.29, 1.82) is 0 Å². The first kappa shape index (κ1) is 12.7. The third-order valence-corrected chi connectivity index (χ3v) is 4.74. The number of nitrogens with zero attached hydrogens (tertiary/aromatic N) is 1. The summed E-state index contributed by atoms with van der Waals surface area (Å²) in [5.41, 5.74) is 3.79. The number of anilines is 1. The first-order valence-corrected chi connectivity index (χ1v) is 7.27. The molecule has 1 heterocycles. The van der Waals surface area contributed by atoms with Crippen molar-refractivity contribution in [3.63, 3.8) is 0 Å². The Bertz CT molecular complexity index is 494.